The number of rotatable bonds is 5. The van der Waals surface area contributed by atoms with E-state index in [4.69, 9.17) is 4.74 Å². The van der Waals surface area contributed by atoms with Gasteiger partial charge in [0.1, 0.15) is 12.4 Å². The van der Waals surface area contributed by atoms with Crippen molar-refractivity contribution in [3.05, 3.63) is 106 Å². The molecule has 3 nitrogen and oxygen atoms in total. The number of Topliss-reactive ketones (excluding diaryl/α,β-unsaturated/α-hetero) is 1. The summed E-state index contributed by atoms with van der Waals surface area (Å²) in [5, 5.41) is 0. The molecule has 0 radical (unpaired) electrons. The van der Waals surface area contributed by atoms with E-state index < -0.39 is 0 Å². The molecule has 1 saturated heterocycles. The molecule has 2 heterocycles. The number of benzene rings is 3. The molecule has 0 amide bonds. The van der Waals surface area contributed by atoms with Gasteiger partial charge in [-0.25, -0.2) is 0 Å². The van der Waals surface area contributed by atoms with Crippen LogP contribution in [0, 0.1) is 0 Å². The SMILES string of the molecule is CC(C)(C)c1ccc(C(=O)CCCN2CCC(=C3c4ccccc4COc4ccccc43)CC2)cc1. The minimum Gasteiger partial charge on any atom is -0.488 e. The minimum absolute atomic E-state index is 0.109. The summed E-state index contributed by atoms with van der Waals surface area (Å²) in [7, 11) is 0. The molecular weight excluding hydrogens is 442 g/mol. The molecule has 0 N–H and O–H groups in total. The Hall–Kier alpha value is -3.17. The van der Waals surface area contributed by atoms with Crippen molar-refractivity contribution in [1.82, 2.24) is 4.90 Å². The fourth-order valence-electron chi connectivity index (χ4n) is 5.43. The van der Waals surface area contributed by atoms with Crippen molar-refractivity contribution in [1.29, 1.82) is 0 Å². The second kappa shape index (κ2) is 10.4. The van der Waals surface area contributed by atoms with Crippen molar-refractivity contribution >= 4 is 11.4 Å². The third-order valence-electron chi connectivity index (χ3n) is 7.59. The van der Waals surface area contributed by atoms with Crippen LogP contribution >= 0.6 is 0 Å². The molecular formula is C33H37NO2. The van der Waals surface area contributed by atoms with Crippen molar-refractivity contribution in [2.45, 2.75) is 58.5 Å². The molecule has 36 heavy (non-hydrogen) atoms. The van der Waals surface area contributed by atoms with Crippen LogP contribution in [0.3, 0.4) is 0 Å². The fraction of sp³-hybridized carbons (Fsp3) is 0.364. The summed E-state index contributed by atoms with van der Waals surface area (Å²) in [4.78, 5) is 15.3. The third kappa shape index (κ3) is 5.32. The van der Waals surface area contributed by atoms with E-state index in [0.29, 0.717) is 13.0 Å². The van der Waals surface area contributed by atoms with E-state index in [1.807, 2.05) is 12.1 Å². The fourth-order valence-corrected chi connectivity index (χ4v) is 5.43. The maximum atomic E-state index is 12.7. The van der Waals surface area contributed by atoms with Gasteiger partial charge in [0.15, 0.2) is 5.78 Å². The average molecular weight is 480 g/mol. The van der Waals surface area contributed by atoms with Gasteiger partial charge in [-0.15, -0.1) is 0 Å². The predicted molar refractivity (Wildman–Crippen MR) is 148 cm³/mol. The second-order valence-electron chi connectivity index (χ2n) is 11.1. The lowest BCUT2D eigenvalue weighted by Crippen LogP contribution is -2.32. The minimum atomic E-state index is 0.109. The van der Waals surface area contributed by atoms with E-state index in [-0.39, 0.29) is 11.2 Å². The molecule has 5 rings (SSSR count). The zero-order valence-corrected chi connectivity index (χ0v) is 21.8. The highest BCUT2D eigenvalue weighted by atomic mass is 16.5. The lowest BCUT2D eigenvalue weighted by atomic mass is 9.86. The number of ketones is 1. The number of para-hydroxylation sites is 1. The zero-order chi connectivity index (χ0) is 25.1. The van der Waals surface area contributed by atoms with E-state index in [9.17, 15) is 4.79 Å². The lowest BCUT2D eigenvalue weighted by molar-refractivity contribution is 0.0974. The molecule has 1 fully saturated rings. The Morgan fingerprint density at radius 2 is 1.53 bits per heavy atom. The second-order valence-corrected chi connectivity index (χ2v) is 11.1. The quantitative estimate of drug-likeness (QED) is 0.356. The lowest BCUT2D eigenvalue weighted by Gasteiger charge is -2.30. The first-order chi connectivity index (χ1) is 17.4. The first kappa shape index (κ1) is 24.5. The molecule has 186 valence electrons. The summed E-state index contributed by atoms with van der Waals surface area (Å²) in [5.41, 5.74) is 8.89. The molecule has 0 aliphatic carbocycles. The molecule has 0 saturated carbocycles. The molecule has 3 aromatic carbocycles. The zero-order valence-electron chi connectivity index (χ0n) is 21.8. The van der Waals surface area contributed by atoms with Gasteiger partial charge in [0.25, 0.3) is 0 Å². The Morgan fingerprint density at radius 3 is 2.25 bits per heavy atom. The van der Waals surface area contributed by atoms with E-state index >= 15 is 0 Å². The Morgan fingerprint density at radius 1 is 0.861 bits per heavy atom. The summed E-state index contributed by atoms with van der Waals surface area (Å²) in [6, 6.07) is 25.3. The molecule has 0 spiro atoms. The van der Waals surface area contributed by atoms with Crippen molar-refractivity contribution in [2.75, 3.05) is 19.6 Å². The van der Waals surface area contributed by atoms with Gasteiger partial charge in [0, 0.05) is 30.6 Å². The maximum Gasteiger partial charge on any atom is 0.162 e. The first-order valence-electron chi connectivity index (χ1n) is 13.3. The highest BCUT2D eigenvalue weighted by Gasteiger charge is 2.24. The molecule has 0 atom stereocenters. The van der Waals surface area contributed by atoms with Gasteiger partial charge in [-0.3, -0.25) is 4.79 Å². The van der Waals surface area contributed by atoms with Gasteiger partial charge in [0.2, 0.25) is 0 Å². The maximum absolute atomic E-state index is 12.7. The highest BCUT2D eigenvalue weighted by molar-refractivity contribution is 5.96. The van der Waals surface area contributed by atoms with Crippen LogP contribution in [0.4, 0.5) is 0 Å². The highest BCUT2D eigenvalue weighted by Crippen LogP contribution is 2.40. The molecule has 0 unspecified atom stereocenters. The van der Waals surface area contributed by atoms with Gasteiger partial charge in [-0.1, -0.05) is 93.1 Å². The number of hydrogen-bond acceptors (Lipinski definition) is 3. The number of carbonyl (C=O) groups excluding carboxylic acids is 1. The van der Waals surface area contributed by atoms with E-state index in [1.165, 1.54) is 33.4 Å². The van der Waals surface area contributed by atoms with Gasteiger partial charge >= 0.3 is 0 Å². The number of nitrogens with zero attached hydrogens (tertiary/aromatic N) is 1. The Labute approximate surface area is 215 Å². The van der Waals surface area contributed by atoms with Gasteiger partial charge < -0.3 is 9.64 Å². The van der Waals surface area contributed by atoms with E-state index in [0.717, 1.165) is 50.2 Å². The monoisotopic (exact) mass is 479 g/mol. The number of likely N-dealkylation sites (tertiary alicyclic amines) is 1. The van der Waals surface area contributed by atoms with Crippen molar-refractivity contribution in [3.63, 3.8) is 0 Å². The topological polar surface area (TPSA) is 29.5 Å². The Balaban J connectivity index is 1.22. The number of hydrogen-bond donors (Lipinski definition) is 0. The largest absolute Gasteiger partial charge is 0.488 e. The van der Waals surface area contributed by atoms with Gasteiger partial charge in [-0.2, -0.15) is 0 Å². The predicted octanol–water partition coefficient (Wildman–Crippen LogP) is 7.44. The van der Waals surface area contributed by atoms with Crippen LogP contribution < -0.4 is 4.74 Å². The Bertz CT molecular complexity index is 1200. The third-order valence-corrected chi connectivity index (χ3v) is 7.59. The smallest absolute Gasteiger partial charge is 0.162 e. The molecule has 3 heteroatoms. The van der Waals surface area contributed by atoms with Crippen molar-refractivity contribution in [3.8, 4) is 5.75 Å². The molecule has 0 bridgehead atoms. The van der Waals surface area contributed by atoms with Crippen LogP contribution in [0.2, 0.25) is 0 Å². The van der Waals surface area contributed by atoms with Crippen LogP contribution in [0.25, 0.3) is 5.57 Å². The summed E-state index contributed by atoms with van der Waals surface area (Å²) in [6.07, 6.45) is 3.63. The van der Waals surface area contributed by atoms with Crippen LogP contribution in [0.1, 0.15) is 79.1 Å². The number of carbonyl (C=O) groups is 1. The molecule has 3 aromatic rings. The summed E-state index contributed by atoms with van der Waals surface area (Å²) >= 11 is 0. The van der Waals surface area contributed by atoms with Gasteiger partial charge in [-0.05, 0) is 59.6 Å². The summed E-state index contributed by atoms with van der Waals surface area (Å²) in [6.45, 7) is 10.3. The van der Waals surface area contributed by atoms with Crippen LogP contribution in [0.15, 0.2) is 78.4 Å². The molecule has 2 aliphatic heterocycles. The molecule has 2 aliphatic rings. The van der Waals surface area contributed by atoms with E-state index in [2.05, 4.69) is 86.3 Å². The number of fused-ring (bicyclic) bond motifs is 2. The van der Waals surface area contributed by atoms with Crippen LogP contribution in [-0.4, -0.2) is 30.3 Å². The number of piperidine rings is 1. The van der Waals surface area contributed by atoms with Gasteiger partial charge in [0.05, 0.1) is 0 Å². The van der Waals surface area contributed by atoms with Crippen LogP contribution in [0.5, 0.6) is 5.75 Å². The molecule has 0 aromatic heterocycles. The Kier molecular flexibility index (Phi) is 7.11. The number of ether oxygens (including phenoxy) is 1. The standard InChI is InChI=1S/C33H37NO2/c1-33(2,3)27-16-14-24(15-17-27)30(35)12-8-20-34-21-18-25(19-22-34)32-28-10-5-4-9-26(28)23-36-31-13-7-6-11-29(31)32/h4-7,9-11,13-17H,8,12,18-23H2,1-3H3. The summed E-state index contributed by atoms with van der Waals surface area (Å²) in [5.74, 6) is 1.23. The van der Waals surface area contributed by atoms with E-state index in [1.54, 1.807) is 0 Å². The summed E-state index contributed by atoms with van der Waals surface area (Å²) < 4.78 is 6.18. The van der Waals surface area contributed by atoms with Crippen LogP contribution in [-0.2, 0) is 12.0 Å². The average Bonchev–Trinajstić information content (AvgIpc) is 3.06. The normalized spacial score (nSPS) is 16.1. The van der Waals surface area contributed by atoms with Crippen molar-refractivity contribution < 1.29 is 9.53 Å². The first-order valence-corrected chi connectivity index (χ1v) is 13.3. The van der Waals surface area contributed by atoms with Crippen molar-refractivity contribution in [2.24, 2.45) is 0 Å².